The Labute approximate surface area is 122 Å². The summed E-state index contributed by atoms with van der Waals surface area (Å²) in [5.74, 6) is 1.38. The Morgan fingerprint density at radius 2 is 1.75 bits per heavy atom. The Bertz CT molecular complexity index is 428. The number of aliphatic hydroxyl groups excluding tert-OH is 1. The summed E-state index contributed by atoms with van der Waals surface area (Å²) in [6, 6.07) is 5.54. The molecule has 0 fully saturated rings. The monoisotopic (exact) mass is 281 g/mol. The maximum atomic E-state index is 10.9. The quantitative estimate of drug-likeness (QED) is 0.834. The lowest BCUT2D eigenvalue weighted by atomic mass is 9.81. The van der Waals surface area contributed by atoms with Crippen LogP contribution in [0.25, 0.3) is 0 Å². The van der Waals surface area contributed by atoms with Crippen LogP contribution in [0.5, 0.6) is 11.5 Å². The third kappa shape index (κ3) is 2.91. The minimum atomic E-state index is -0.617. The van der Waals surface area contributed by atoms with Gasteiger partial charge in [-0.1, -0.05) is 13.8 Å². The fourth-order valence-corrected chi connectivity index (χ4v) is 2.85. The fourth-order valence-electron chi connectivity index (χ4n) is 2.85. The van der Waals surface area contributed by atoms with E-state index in [0.717, 1.165) is 24.2 Å². The van der Waals surface area contributed by atoms with Crippen molar-refractivity contribution in [3.05, 3.63) is 23.8 Å². The van der Waals surface area contributed by atoms with Crippen molar-refractivity contribution in [1.82, 2.24) is 4.90 Å². The van der Waals surface area contributed by atoms with Gasteiger partial charge in [-0.2, -0.15) is 0 Å². The van der Waals surface area contributed by atoms with Crippen LogP contribution >= 0.6 is 0 Å². The summed E-state index contributed by atoms with van der Waals surface area (Å²) in [6.07, 6.45) is 1.09. The summed E-state index contributed by atoms with van der Waals surface area (Å²) in [7, 11) is 7.24. The minimum absolute atomic E-state index is 0.304. The Morgan fingerprint density at radius 1 is 1.15 bits per heavy atom. The lowest BCUT2D eigenvalue weighted by Gasteiger charge is -2.43. The van der Waals surface area contributed by atoms with Crippen LogP contribution in [0.1, 0.15) is 38.4 Å². The standard InChI is InChI=1S/C16H27NO3/c1-7-16(8-2,17(3)4)15(18)13-10-9-12(19-5)11-14(13)20-6/h9-11,15,18H,7-8H2,1-6H3. The average molecular weight is 281 g/mol. The van der Waals surface area contributed by atoms with Gasteiger partial charge < -0.3 is 19.5 Å². The van der Waals surface area contributed by atoms with Crippen LogP contribution in [0.2, 0.25) is 0 Å². The number of benzene rings is 1. The maximum absolute atomic E-state index is 10.9. The van der Waals surface area contributed by atoms with E-state index < -0.39 is 6.10 Å². The van der Waals surface area contributed by atoms with Gasteiger partial charge in [-0.05, 0) is 39.1 Å². The van der Waals surface area contributed by atoms with Crippen molar-refractivity contribution in [3.63, 3.8) is 0 Å². The van der Waals surface area contributed by atoms with Gasteiger partial charge in [-0.15, -0.1) is 0 Å². The molecule has 1 aromatic carbocycles. The van der Waals surface area contributed by atoms with Gasteiger partial charge in [0, 0.05) is 11.6 Å². The molecule has 1 unspecified atom stereocenters. The molecule has 114 valence electrons. The first-order chi connectivity index (χ1) is 9.46. The molecule has 0 aliphatic carbocycles. The zero-order chi connectivity index (χ0) is 15.3. The fraction of sp³-hybridized carbons (Fsp3) is 0.625. The van der Waals surface area contributed by atoms with E-state index in [1.54, 1.807) is 14.2 Å². The Balaban J connectivity index is 3.28. The van der Waals surface area contributed by atoms with Gasteiger partial charge in [0.2, 0.25) is 0 Å². The number of rotatable bonds is 7. The number of aliphatic hydroxyl groups is 1. The number of hydrogen-bond donors (Lipinski definition) is 1. The highest BCUT2D eigenvalue weighted by molar-refractivity contribution is 5.43. The first-order valence-electron chi connectivity index (χ1n) is 7.04. The summed E-state index contributed by atoms with van der Waals surface area (Å²) in [4.78, 5) is 2.10. The zero-order valence-corrected chi connectivity index (χ0v) is 13.4. The summed E-state index contributed by atoms with van der Waals surface area (Å²) in [5.41, 5.74) is 0.493. The Kier molecular flexibility index (Phi) is 5.84. The van der Waals surface area contributed by atoms with Crippen molar-refractivity contribution in [1.29, 1.82) is 0 Å². The minimum Gasteiger partial charge on any atom is -0.497 e. The van der Waals surface area contributed by atoms with Crippen molar-refractivity contribution in [3.8, 4) is 11.5 Å². The van der Waals surface area contributed by atoms with Crippen molar-refractivity contribution in [2.75, 3.05) is 28.3 Å². The second-order valence-electron chi connectivity index (χ2n) is 5.22. The third-order valence-electron chi connectivity index (χ3n) is 4.36. The Hall–Kier alpha value is -1.26. The normalized spacial score (nSPS) is 13.4. The predicted octanol–water partition coefficient (Wildman–Crippen LogP) is 2.86. The molecule has 0 saturated heterocycles. The summed E-state index contributed by atoms with van der Waals surface area (Å²) >= 11 is 0. The Morgan fingerprint density at radius 3 is 2.15 bits per heavy atom. The molecule has 1 atom stereocenters. The molecule has 0 radical (unpaired) electrons. The maximum Gasteiger partial charge on any atom is 0.128 e. The molecule has 0 aromatic heterocycles. The molecule has 0 saturated carbocycles. The summed E-state index contributed by atoms with van der Waals surface area (Å²) in [6.45, 7) is 4.20. The van der Waals surface area contributed by atoms with E-state index in [4.69, 9.17) is 9.47 Å². The lowest BCUT2D eigenvalue weighted by molar-refractivity contribution is -0.0161. The molecule has 4 nitrogen and oxygen atoms in total. The SMILES string of the molecule is CCC(CC)(C(O)c1ccc(OC)cc1OC)N(C)C. The molecular formula is C16H27NO3. The van der Waals surface area contributed by atoms with E-state index >= 15 is 0 Å². The number of nitrogens with zero attached hydrogens (tertiary/aromatic N) is 1. The molecular weight excluding hydrogens is 254 g/mol. The zero-order valence-electron chi connectivity index (χ0n) is 13.4. The second kappa shape index (κ2) is 6.95. The van der Waals surface area contributed by atoms with Gasteiger partial charge in [0.25, 0.3) is 0 Å². The lowest BCUT2D eigenvalue weighted by Crippen LogP contribution is -2.48. The smallest absolute Gasteiger partial charge is 0.128 e. The molecule has 1 rings (SSSR count). The van der Waals surface area contributed by atoms with Crippen molar-refractivity contribution in [2.24, 2.45) is 0 Å². The first kappa shape index (κ1) is 16.8. The van der Waals surface area contributed by atoms with E-state index in [-0.39, 0.29) is 5.54 Å². The van der Waals surface area contributed by atoms with Gasteiger partial charge in [0.05, 0.1) is 19.8 Å². The predicted molar refractivity (Wildman–Crippen MR) is 81.5 cm³/mol. The van der Waals surface area contributed by atoms with Gasteiger partial charge >= 0.3 is 0 Å². The molecule has 4 heteroatoms. The highest BCUT2D eigenvalue weighted by atomic mass is 16.5. The van der Waals surface area contributed by atoms with Crippen molar-refractivity contribution in [2.45, 2.75) is 38.3 Å². The molecule has 0 spiro atoms. The van der Waals surface area contributed by atoms with Crippen LogP contribution in [-0.4, -0.2) is 43.9 Å². The number of hydrogen-bond acceptors (Lipinski definition) is 4. The van der Waals surface area contributed by atoms with Crippen LogP contribution < -0.4 is 9.47 Å². The summed E-state index contributed by atoms with van der Waals surface area (Å²) < 4.78 is 10.6. The highest BCUT2D eigenvalue weighted by Crippen LogP contribution is 2.40. The number of ether oxygens (including phenoxy) is 2. The molecule has 1 N–H and O–H groups in total. The van der Waals surface area contributed by atoms with Gasteiger partial charge in [-0.3, -0.25) is 0 Å². The van der Waals surface area contributed by atoms with E-state index in [2.05, 4.69) is 18.7 Å². The van der Waals surface area contributed by atoms with Crippen LogP contribution in [0.15, 0.2) is 18.2 Å². The third-order valence-corrected chi connectivity index (χ3v) is 4.36. The van der Waals surface area contributed by atoms with Crippen LogP contribution in [0, 0.1) is 0 Å². The molecule has 20 heavy (non-hydrogen) atoms. The number of likely N-dealkylation sites (N-methyl/N-ethyl adjacent to an activating group) is 1. The van der Waals surface area contributed by atoms with E-state index in [9.17, 15) is 5.11 Å². The van der Waals surface area contributed by atoms with Crippen LogP contribution in [-0.2, 0) is 0 Å². The molecule has 1 aromatic rings. The average Bonchev–Trinajstić information content (AvgIpc) is 2.47. The topological polar surface area (TPSA) is 41.9 Å². The van der Waals surface area contributed by atoms with Crippen LogP contribution in [0.4, 0.5) is 0 Å². The van der Waals surface area contributed by atoms with Gasteiger partial charge in [0.15, 0.2) is 0 Å². The van der Waals surface area contributed by atoms with Crippen LogP contribution in [0.3, 0.4) is 0 Å². The van der Waals surface area contributed by atoms with Crippen molar-refractivity contribution >= 4 is 0 Å². The van der Waals surface area contributed by atoms with Crippen molar-refractivity contribution < 1.29 is 14.6 Å². The molecule has 0 aliphatic heterocycles. The van der Waals surface area contributed by atoms with E-state index in [1.807, 2.05) is 32.3 Å². The largest absolute Gasteiger partial charge is 0.497 e. The molecule has 0 amide bonds. The molecule has 0 aliphatic rings. The van der Waals surface area contributed by atoms with Gasteiger partial charge in [0.1, 0.15) is 17.6 Å². The van der Waals surface area contributed by atoms with E-state index in [0.29, 0.717) is 5.75 Å². The molecule has 0 bridgehead atoms. The first-order valence-corrected chi connectivity index (χ1v) is 7.04. The number of methoxy groups -OCH3 is 2. The highest BCUT2D eigenvalue weighted by Gasteiger charge is 2.39. The second-order valence-corrected chi connectivity index (χ2v) is 5.22. The van der Waals surface area contributed by atoms with E-state index in [1.165, 1.54) is 0 Å². The van der Waals surface area contributed by atoms with Gasteiger partial charge in [-0.25, -0.2) is 0 Å². The molecule has 0 heterocycles. The summed E-state index contributed by atoms with van der Waals surface area (Å²) in [5, 5.41) is 10.9.